The second-order valence-corrected chi connectivity index (χ2v) is 13.9. The predicted octanol–water partition coefficient (Wildman–Crippen LogP) is 11.7. The van der Waals surface area contributed by atoms with E-state index in [1.807, 2.05) is 109 Å². The molecule has 0 spiro atoms. The first-order chi connectivity index (χ1) is 29.7. The molecule has 2 aliphatic heterocycles. The summed E-state index contributed by atoms with van der Waals surface area (Å²) in [6.07, 6.45) is 7.23. The van der Waals surface area contributed by atoms with E-state index in [1.54, 1.807) is 21.8 Å². The minimum Gasteiger partial charge on any atom is -0.509 e. The number of hydrogen-bond acceptors (Lipinski definition) is 8. The Morgan fingerprint density at radius 2 is 0.694 bits per heavy atom. The van der Waals surface area contributed by atoms with Crippen molar-refractivity contribution in [1.82, 2.24) is 19.6 Å². The van der Waals surface area contributed by atoms with Crippen molar-refractivity contribution in [2.45, 2.75) is 0 Å². The Labute approximate surface area is 388 Å². The fraction of sp³-hybridized carbons (Fsp3) is 0. The molecule has 2 aromatic heterocycles. The summed E-state index contributed by atoms with van der Waals surface area (Å²) in [6.45, 7) is 4.18. The first-order valence-corrected chi connectivity index (χ1v) is 19.3. The van der Waals surface area contributed by atoms with Crippen LogP contribution in [0.15, 0.2) is 183 Å². The number of ether oxygens (including phenoxy) is 2. The molecule has 0 unspecified atom stereocenters. The van der Waals surface area contributed by atoms with Crippen molar-refractivity contribution >= 4 is 45.5 Å². The SMILES string of the molecule is [Pt].[Pt].[c-]1c(Oc2[c-]c(-n3cccn3)ccc2)cccc1N1[CH-]N(c2ccc(N3[CH-]N(c4[c-]c(Oc5[c-]c(-n6cccn6)ccc5)ccc4)c4ccccc43)cc2)c2ccccc21. The molecule has 0 bridgehead atoms. The summed E-state index contributed by atoms with van der Waals surface area (Å²) in [7, 11) is 0. The zero-order valence-corrected chi connectivity index (χ0v) is 37.0. The van der Waals surface area contributed by atoms with Gasteiger partial charge >= 0.3 is 0 Å². The minimum atomic E-state index is 0. The molecule has 2 aliphatic rings. The van der Waals surface area contributed by atoms with Crippen molar-refractivity contribution in [3.63, 3.8) is 0 Å². The summed E-state index contributed by atoms with van der Waals surface area (Å²) >= 11 is 0. The van der Waals surface area contributed by atoms with Crippen LogP contribution in [0, 0.1) is 37.6 Å². The van der Waals surface area contributed by atoms with Crippen LogP contribution in [0.5, 0.6) is 23.0 Å². The zero-order valence-electron chi connectivity index (χ0n) is 32.5. The van der Waals surface area contributed by atoms with Crippen molar-refractivity contribution in [2.75, 3.05) is 19.6 Å². The van der Waals surface area contributed by atoms with Gasteiger partial charge in [-0.2, -0.15) is 34.5 Å². The number of nitrogens with zero attached hydrogens (tertiary/aromatic N) is 8. The van der Waals surface area contributed by atoms with Gasteiger partial charge in [-0.1, -0.05) is 24.3 Å². The zero-order chi connectivity index (χ0) is 39.8. The molecule has 7 aromatic carbocycles. The number of benzene rings is 7. The van der Waals surface area contributed by atoms with Crippen molar-refractivity contribution in [2.24, 2.45) is 0 Å². The molecule has 10 nitrogen and oxygen atoms in total. The van der Waals surface area contributed by atoms with Gasteiger partial charge in [0, 0.05) is 124 Å². The van der Waals surface area contributed by atoms with Crippen LogP contribution in [-0.4, -0.2) is 19.6 Å². The van der Waals surface area contributed by atoms with Crippen LogP contribution in [0.4, 0.5) is 45.5 Å². The molecule has 11 rings (SSSR count). The van der Waals surface area contributed by atoms with Gasteiger partial charge < -0.3 is 29.1 Å². The Balaban J connectivity index is 0.00000245. The largest absolute Gasteiger partial charge is 0.509 e. The van der Waals surface area contributed by atoms with Gasteiger partial charge in [0.15, 0.2) is 0 Å². The molecule has 9 aromatic rings. The second-order valence-electron chi connectivity index (χ2n) is 13.9. The van der Waals surface area contributed by atoms with E-state index in [1.165, 1.54) is 0 Å². The maximum atomic E-state index is 6.26. The maximum absolute atomic E-state index is 6.26. The molecule has 4 heterocycles. The van der Waals surface area contributed by atoms with Crippen molar-refractivity contribution < 1.29 is 51.6 Å². The molecule has 0 saturated heterocycles. The Kier molecular flexibility index (Phi) is 11.5. The van der Waals surface area contributed by atoms with Crippen LogP contribution >= 0.6 is 0 Å². The normalized spacial score (nSPS) is 12.6. The van der Waals surface area contributed by atoms with Crippen LogP contribution in [-0.2, 0) is 42.1 Å². The molecular formula is C50H32N8O2Pt2-6. The van der Waals surface area contributed by atoms with Crippen LogP contribution in [0.1, 0.15) is 0 Å². The summed E-state index contributed by atoms with van der Waals surface area (Å²) in [6, 6.07) is 65.8. The monoisotopic (exact) mass is 1170 g/mol. The quantitative estimate of drug-likeness (QED) is 0.126. The van der Waals surface area contributed by atoms with Gasteiger partial charge in [-0.3, -0.25) is 9.36 Å². The van der Waals surface area contributed by atoms with E-state index in [4.69, 9.17) is 9.47 Å². The third-order valence-electron chi connectivity index (χ3n) is 10.1. The maximum Gasteiger partial charge on any atom is 0.0493 e. The summed E-state index contributed by atoms with van der Waals surface area (Å²) in [5.41, 5.74) is 9.48. The van der Waals surface area contributed by atoms with Crippen LogP contribution in [0.3, 0.4) is 0 Å². The average Bonchev–Trinajstić information content (AvgIpc) is 4.14. The molecule has 0 amide bonds. The molecule has 0 aliphatic carbocycles. The summed E-state index contributed by atoms with van der Waals surface area (Å²) in [5, 5.41) is 8.63. The van der Waals surface area contributed by atoms with Crippen molar-refractivity contribution in [1.29, 1.82) is 0 Å². The van der Waals surface area contributed by atoms with Crippen LogP contribution < -0.4 is 29.1 Å². The molecular weight excluding hydrogens is 1130 g/mol. The summed E-state index contributed by atoms with van der Waals surface area (Å²) < 4.78 is 16.0. The molecule has 0 N–H and O–H groups in total. The summed E-state index contributed by atoms with van der Waals surface area (Å²) in [5.74, 6) is 2.32. The van der Waals surface area contributed by atoms with E-state index >= 15 is 0 Å². The first kappa shape index (κ1) is 40.5. The van der Waals surface area contributed by atoms with E-state index in [2.05, 4.69) is 128 Å². The number of hydrogen-bond donors (Lipinski definition) is 0. The van der Waals surface area contributed by atoms with Gasteiger partial charge in [-0.05, 0) is 72.0 Å². The Bertz CT molecular complexity index is 2740. The van der Waals surface area contributed by atoms with E-state index in [0.717, 1.165) is 56.9 Å². The molecule has 0 fully saturated rings. The number of rotatable bonds is 10. The van der Waals surface area contributed by atoms with Crippen LogP contribution in [0.25, 0.3) is 11.4 Å². The van der Waals surface area contributed by atoms with Gasteiger partial charge in [0.2, 0.25) is 0 Å². The molecule has 62 heavy (non-hydrogen) atoms. The van der Waals surface area contributed by atoms with Gasteiger partial charge in [-0.15, -0.1) is 97.5 Å². The fourth-order valence-electron chi connectivity index (χ4n) is 7.38. The van der Waals surface area contributed by atoms with Gasteiger partial charge in [0.25, 0.3) is 0 Å². The molecule has 12 heteroatoms. The Morgan fingerprint density at radius 3 is 1.05 bits per heavy atom. The topological polar surface area (TPSA) is 67.1 Å². The van der Waals surface area contributed by atoms with Gasteiger partial charge in [0.05, 0.1) is 0 Å². The molecule has 0 saturated carbocycles. The summed E-state index contributed by atoms with van der Waals surface area (Å²) in [4.78, 5) is 8.65. The molecule has 310 valence electrons. The van der Waals surface area contributed by atoms with Crippen LogP contribution in [0.2, 0.25) is 0 Å². The molecule has 0 radical (unpaired) electrons. The number of para-hydroxylation sites is 4. The molecule has 0 atom stereocenters. The van der Waals surface area contributed by atoms with E-state index in [9.17, 15) is 0 Å². The first-order valence-electron chi connectivity index (χ1n) is 19.3. The van der Waals surface area contributed by atoms with Crippen molar-refractivity contribution in [3.05, 3.63) is 220 Å². The number of fused-ring (bicyclic) bond motifs is 2. The number of aromatic nitrogens is 4. The third-order valence-corrected chi connectivity index (χ3v) is 10.1. The van der Waals surface area contributed by atoms with E-state index < -0.39 is 0 Å². The van der Waals surface area contributed by atoms with Gasteiger partial charge in [-0.25, -0.2) is 0 Å². The smallest absolute Gasteiger partial charge is 0.0493 e. The Morgan fingerprint density at radius 1 is 0.355 bits per heavy atom. The third kappa shape index (κ3) is 7.91. The van der Waals surface area contributed by atoms with Crippen molar-refractivity contribution in [3.8, 4) is 34.4 Å². The Hall–Kier alpha value is -6.86. The predicted molar refractivity (Wildman–Crippen MR) is 232 cm³/mol. The van der Waals surface area contributed by atoms with Gasteiger partial charge in [0.1, 0.15) is 0 Å². The fourth-order valence-corrected chi connectivity index (χ4v) is 7.38. The van der Waals surface area contributed by atoms with E-state index in [-0.39, 0.29) is 42.1 Å². The standard InChI is InChI=1S/C50H32N8O2.2Pt/c1-3-21-49-47(19-1)53(35-55(49)39-11-5-15-43(31-39)59-45-17-7-13-41(33-45)57-29-9-27-51-57)37-23-25-38(26-24-37)54-36-56(50-22-4-2-20-48(50)54)40-12-6-16-44(32-40)60-46-18-8-14-42(34-46)58-30-10-28-52-58;;/h1-30,35-36H;;/q-6;;. The number of anilines is 8. The average molecular weight is 1170 g/mol. The minimum absolute atomic E-state index is 0. The second kappa shape index (κ2) is 17.6. The van der Waals surface area contributed by atoms with E-state index in [0.29, 0.717) is 23.0 Å².